The number of carbonyl (C=O) groups excluding carboxylic acids is 1. The lowest BCUT2D eigenvalue weighted by atomic mass is 9.53. The Labute approximate surface area is 140 Å². The summed E-state index contributed by atoms with van der Waals surface area (Å²) in [6, 6.07) is 0. The van der Waals surface area contributed by atoms with Crippen LogP contribution in [-0.2, 0) is 9.53 Å². The zero-order valence-electron chi connectivity index (χ0n) is 14.9. The van der Waals surface area contributed by atoms with E-state index in [-0.39, 0.29) is 17.4 Å². The Morgan fingerprint density at radius 2 is 1.78 bits per heavy atom. The van der Waals surface area contributed by atoms with Crippen LogP contribution in [0.25, 0.3) is 0 Å². The van der Waals surface area contributed by atoms with Crippen molar-refractivity contribution < 1.29 is 14.6 Å². The lowest BCUT2D eigenvalue weighted by Gasteiger charge is -2.56. The van der Waals surface area contributed by atoms with Crippen molar-refractivity contribution in [2.45, 2.75) is 77.4 Å². The number of hydrogen-bond donors (Lipinski definition) is 1. The molecule has 130 valence electrons. The van der Waals surface area contributed by atoms with E-state index in [9.17, 15) is 9.90 Å². The average molecular weight is 320 g/mol. The first-order valence-electron chi connectivity index (χ1n) is 9.66. The fourth-order valence-electron chi connectivity index (χ4n) is 7.01. The predicted molar refractivity (Wildman–Crippen MR) is 88.9 cm³/mol. The number of aliphatic hydroxyl groups is 1. The lowest BCUT2D eigenvalue weighted by Crippen LogP contribution is -2.55. The van der Waals surface area contributed by atoms with Gasteiger partial charge in [0.1, 0.15) is 5.78 Å². The summed E-state index contributed by atoms with van der Waals surface area (Å²) >= 11 is 0. The van der Waals surface area contributed by atoms with Gasteiger partial charge >= 0.3 is 0 Å². The van der Waals surface area contributed by atoms with Crippen LogP contribution in [0.5, 0.6) is 0 Å². The second-order valence-electron chi connectivity index (χ2n) is 9.49. The van der Waals surface area contributed by atoms with Crippen LogP contribution < -0.4 is 0 Å². The molecule has 4 aliphatic rings. The molecule has 1 N–H and O–H groups in total. The van der Waals surface area contributed by atoms with Gasteiger partial charge in [-0.2, -0.15) is 0 Å². The van der Waals surface area contributed by atoms with Gasteiger partial charge in [-0.25, -0.2) is 0 Å². The molecule has 2 unspecified atom stereocenters. The van der Waals surface area contributed by atoms with Gasteiger partial charge in [-0.15, -0.1) is 0 Å². The van der Waals surface area contributed by atoms with Crippen molar-refractivity contribution in [1.82, 2.24) is 0 Å². The topological polar surface area (TPSA) is 46.5 Å². The zero-order valence-corrected chi connectivity index (χ0v) is 14.9. The molecule has 0 radical (unpaired) electrons. The molecule has 1 heterocycles. The molecule has 0 spiro atoms. The number of hydrogen-bond acceptors (Lipinski definition) is 3. The second kappa shape index (κ2) is 5.29. The molecule has 4 rings (SSSR count). The van der Waals surface area contributed by atoms with E-state index in [0.29, 0.717) is 23.5 Å². The number of carbonyl (C=O) groups is 1. The fourth-order valence-corrected chi connectivity index (χ4v) is 7.01. The maximum atomic E-state index is 12.1. The van der Waals surface area contributed by atoms with Crippen LogP contribution in [0.3, 0.4) is 0 Å². The Bertz CT molecular complexity index is 499. The second-order valence-corrected chi connectivity index (χ2v) is 9.49. The highest BCUT2D eigenvalue weighted by atomic mass is 16.5. The van der Waals surface area contributed by atoms with Gasteiger partial charge in [0.15, 0.2) is 0 Å². The maximum absolute atomic E-state index is 12.1. The molecule has 0 aromatic rings. The van der Waals surface area contributed by atoms with Gasteiger partial charge < -0.3 is 9.84 Å². The van der Waals surface area contributed by atoms with Crippen molar-refractivity contribution in [3.05, 3.63) is 0 Å². The van der Waals surface area contributed by atoms with Gasteiger partial charge in [0.05, 0.1) is 18.3 Å². The van der Waals surface area contributed by atoms with Crippen molar-refractivity contribution >= 4 is 5.78 Å². The smallest absolute Gasteiger partial charge is 0.133 e. The normalized spacial score (nSPS) is 55.7. The zero-order chi connectivity index (χ0) is 16.4. The van der Waals surface area contributed by atoms with Crippen molar-refractivity contribution in [1.29, 1.82) is 0 Å². The summed E-state index contributed by atoms with van der Waals surface area (Å²) < 4.78 is 6.29. The van der Waals surface area contributed by atoms with Gasteiger partial charge in [-0.1, -0.05) is 6.92 Å². The van der Waals surface area contributed by atoms with Crippen LogP contribution in [0.1, 0.15) is 65.7 Å². The van der Waals surface area contributed by atoms with Crippen molar-refractivity contribution in [3.8, 4) is 0 Å². The minimum absolute atomic E-state index is 0.212. The monoisotopic (exact) mass is 320 g/mol. The molecule has 3 heteroatoms. The summed E-state index contributed by atoms with van der Waals surface area (Å²) in [5.74, 6) is 3.37. The molecule has 0 bridgehead atoms. The molecule has 8 atom stereocenters. The summed E-state index contributed by atoms with van der Waals surface area (Å²) in [6.45, 7) is 6.99. The predicted octanol–water partition coefficient (Wildman–Crippen LogP) is 3.58. The van der Waals surface area contributed by atoms with Crippen LogP contribution in [0, 0.1) is 35.0 Å². The minimum atomic E-state index is -0.537. The van der Waals surface area contributed by atoms with E-state index in [1.54, 1.807) is 6.92 Å². The van der Waals surface area contributed by atoms with E-state index in [1.807, 2.05) is 6.92 Å². The first-order valence-corrected chi connectivity index (χ1v) is 9.66. The van der Waals surface area contributed by atoms with Crippen molar-refractivity contribution in [2.75, 3.05) is 6.61 Å². The first kappa shape index (κ1) is 16.1. The van der Waals surface area contributed by atoms with Gasteiger partial charge in [-0.05, 0) is 81.5 Å². The van der Waals surface area contributed by atoms with Gasteiger partial charge in [0, 0.05) is 12.3 Å². The summed E-state index contributed by atoms with van der Waals surface area (Å²) in [7, 11) is 0. The van der Waals surface area contributed by atoms with Gasteiger partial charge in [0.25, 0.3) is 0 Å². The summed E-state index contributed by atoms with van der Waals surface area (Å²) in [5.41, 5.74) is -0.326. The number of Topliss-reactive ketones (excluding diaryl/α,β-unsaturated/α-hetero) is 1. The van der Waals surface area contributed by atoms with E-state index in [2.05, 4.69) is 6.92 Å². The van der Waals surface area contributed by atoms with E-state index in [0.717, 1.165) is 38.2 Å². The highest BCUT2D eigenvalue weighted by Gasteiger charge is 2.58. The lowest BCUT2D eigenvalue weighted by molar-refractivity contribution is -0.183. The fraction of sp³-hybridized carbons (Fsp3) is 0.950. The molecule has 23 heavy (non-hydrogen) atoms. The maximum Gasteiger partial charge on any atom is 0.133 e. The van der Waals surface area contributed by atoms with Crippen molar-refractivity contribution in [3.63, 3.8) is 0 Å². The number of ketones is 1. The molecule has 3 aliphatic carbocycles. The largest absolute Gasteiger partial charge is 0.390 e. The van der Waals surface area contributed by atoms with Crippen LogP contribution in [0.15, 0.2) is 0 Å². The van der Waals surface area contributed by atoms with E-state index < -0.39 is 5.60 Å². The van der Waals surface area contributed by atoms with Gasteiger partial charge in [-0.3, -0.25) is 4.79 Å². The third kappa shape index (κ3) is 2.41. The SMILES string of the molecule is CC(=O)[C@H]1CCC2[C@@H]3CO[C@H]4C[C@](C)(O)CC[C@@H]4C3CC[C@@]21C. The Hall–Kier alpha value is -0.410. The Morgan fingerprint density at radius 3 is 2.52 bits per heavy atom. The van der Waals surface area contributed by atoms with Crippen LogP contribution in [-0.4, -0.2) is 29.2 Å². The standard InChI is InChI=1S/C20H32O3/c1-12(21)16-4-5-17-15-11-23-18-10-19(2,22)8-6-14(18)13(15)7-9-20(16,17)3/h13-18,22H,4-11H2,1-3H3/t13?,14-,15-,16-,17?,18+,19-,20-/m1/s1. The molecule has 0 amide bonds. The Morgan fingerprint density at radius 1 is 1.04 bits per heavy atom. The molecule has 0 aromatic heterocycles. The van der Waals surface area contributed by atoms with E-state index in [1.165, 1.54) is 19.3 Å². The van der Waals surface area contributed by atoms with Crippen molar-refractivity contribution in [2.24, 2.45) is 35.0 Å². The Kier molecular flexibility index (Phi) is 3.70. The van der Waals surface area contributed by atoms with Gasteiger partial charge in [0.2, 0.25) is 0 Å². The molecule has 3 saturated carbocycles. The van der Waals surface area contributed by atoms with Crippen LogP contribution in [0.2, 0.25) is 0 Å². The van der Waals surface area contributed by atoms with Crippen LogP contribution >= 0.6 is 0 Å². The number of ether oxygens (including phenoxy) is 1. The number of fused-ring (bicyclic) bond motifs is 5. The molecule has 0 aromatic carbocycles. The molecular formula is C20H32O3. The van der Waals surface area contributed by atoms with E-state index >= 15 is 0 Å². The average Bonchev–Trinajstić information content (AvgIpc) is 2.83. The summed E-state index contributed by atoms with van der Waals surface area (Å²) in [6.07, 6.45) is 7.85. The third-order valence-electron chi connectivity index (χ3n) is 8.17. The summed E-state index contributed by atoms with van der Waals surface area (Å²) in [5, 5.41) is 10.4. The molecular weight excluding hydrogens is 288 g/mol. The highest BCUT2D eigenvalue weighted by Crippen LogP contribution is 2.62. The quantitative estimate of drug-likeness (QED) is 0.803. The Balaban J connectivity index is 1.56. The summed E-state index contributed by atoms with van der Waals surface area (Å²) in [4.78, 5) is 12.1. The molecule has 4 fully saturated rings. The number of rotatable bonds is 1. The highest BCUT2D eigenvalue weighted by molar-refractivity contribution is 5.79. The van der Waals surface area contributed by atoms with Crippen LogP contribution in [0.4, 0.5) is 0 Å². The molecule has 1 saturated heterocycles. The first-order chi connectivity index (χ1) is 10.8. The minimum Gasteiger partial charge on any atom is -0.390 e. The third-order valence-corrected chi connectivity index (χ3v) is 8.17. The molecule has 3 nitrogen and oxygen atoms in total. The molecule has 1 aliphatic heterocycles. The van der Waals surface area contributed by atoms with E-state index in [4.69, 9.17) is 4.74 Å².